The number of anilines is 1. The molecule has 0 radical (unpaired) electrons. The number of carbonyl (C=O) groups excluding carboxylic acids is 1. The maximum atomic E-state index is 12.2. The fraction of sp³-hybridized carbons (Fsp3) is 0.375. The number of amides is 2. The van der Waals surface area contributed by atoms with Crippen LogP contribution < -0.4 is 5.32 Å². The molecule has 1 fully saturated rings. The molecule has 0 aromatic heterocycles. The Hall–Kier alpha value is -2.30. The number of carbonyl (C=O) groups is 2. The van der Waals surface area contributed by atoms with Gasteiger partial charge in [0.2, 0.25) is 0 Å². The van der Waals surface area contributed by atoms with E-state index >= 15 is 0 Å². The van der Waals surface area contributed by atoms with E-state index in [1.807, 2.05) is 4.90 Å². The van der Waals surface area contributed by atoms with E-state index in [2.05, 4.69) is 12.2 Å². The lowest BCUT2D eigenvalue weighted by atomic mass is 10.0. The highest BCUT2D eigenvalue weighted by Gasteiger charge is 2.20. The van der Waals surface area contributed by atoms with E-state index in [1.165, 1.54) is 12.5 Å². The van der Waals surface area contributed by atoms with Gasteiger partial charge >= 0.3 is 12.0 Å². The van der Waals surface area contributed by atoms with Gasteiger partial charge < -0.3 is 15.3 Å². The van der Waals surface area contributed by atoms with Crippen molar-refractivity contribution in [3.63, 3.8) is 0 Å². The molecular formula is C16H20N2O3. The Balaban J connectivity index is 2.00. The Kier molecular flexibility index (Phi) is 4.98. The third-order valence-corrected chi connectivity index (χ3v) is 3.50. The Morgan fingerprint density at radius 2 is 2.24 bits per heavy atom. The number of hydrogen-bond donors (Lipinski definition) is 2. The van der Waals surface area contributed by atoms with Crippen molar-refractivity contribution in [2.24, 2.45) is 5.92 Å². The SMILES string of the molecule is CC1CCCN(C(=O)Nc2cccc(/C=C/C(=O)O)c2)C1. The fourth-order valence-corrected chi connectivity index (χ4v) is 2.46. The number of hydrogen-bond acceptors (Lipinski definition) is 2. The molecule has 1 heterocycles. The predicted octanol–water partition coefficient (Wildman–Crippen LogP) is 3.05. The lowest BCUT2D eigenvalue weighted by Crippen LogP contribution is -2.41. The lowest BCUT2D eigenvalue weighted by Gasteiger charge is -2.30. The van der Waals surface area contributed by atoms with Crippen molar-refractivity contribution in [3.05, 3.63) is 35.9 Å². The van der Waals surface area contributed by atoms with Crippen molar-refractivity contribution in [1.82, 2.24) is 4.90 Å². The maximum absolute atomic E-state index is 12.2. The number of nitrogens with one attached hydrogen (secondary N) is 1. The highest BCUT2D eigenvalue weighted by atomic mass is 16.4. The molecule has 5 nitrogen and oxygen atoms in total. The summed E-state index contributed by atoms with van der Waals surface area (Å²) >= 11 is 0. The number of rotatable bonds is 3. The average molecular weight is 288 g/mol. The summed E-state index contributed by atoms with van der Waals surface area (Å²) in [5.41, 5.74) is 1.41. The minimum Gasteiger partial charge on any atom is -0.478 e. The third-order valence-electron chi connectivity index (χ3n) is 3.50. The summed E-state index contributed by atoms with van der Waals surface area (Å²) in [6, 6.07) is 7.03. The molecule has 112 valence electrons. The smallest absolute Gasteiger partial charge is 0.328 e. The summed E-state index contributed by atoms with van der Waals surface area (Å²) in [5.74, 6) is -0.457. The molecule has 0 aliphatic carbocycles. The number of urea groups is 1. The first kappa shape index (κ1) is 15.1. The van der Waals surface area contributed by atoms with Gasteiger partial charge in [0, 0.05) is 24.9 Å². The van der Waals surface area contributed by atoms with Gasteiger partial charge in [-0.1, -0.05) is 19.1 Å². The summed E-state index contributed by atoms with van der Waals surface area (Å²) in [6.07, 6.45) is 4.78. The second kappa shape index (κ2) is 6.92. The quantitative estimate of drug-likeness (QED) is 0.840. The van der Waals surface area contributed by atoms with E-state index < -0.39 is 5.97 Å². The largest absolute Gasteiger partial charge is 0.478 e. The van der Waals surface area contributed by atoms with Gasteiger partial charge in [0.05, 0.1) is 0 Å². The molecule has 1 saturated heterocycles. The molecule has 1 aliphatic rings. The summed E-state index contributed by atoms with van der Waals surface area (Å²) < 4.78 is 0. The summed E-state index contributed by atoms with van der Waals surface area (Å²) in [4.78, 5) is 24.5. The average Bonchev–Trinajstić information content (AvgIpc) is 2.45. The molecule has 2 N–H and O–H groups in total. The molecule has 1 aromatic carbocycles. The van der Waals surface area contributed by atoms with E-state index in [0.717, 1.165) is 31.1 Å². The van der Waals surface area contributed by atoms with Crippen LogP contribution in [0.1, 0.15) is 25.3 Å². The zero-order chi connectivity index (χ0) is 15.2. The van der Waals surface area contributed by atoms with E-state index in [4.69, 9.17) is 5.11 Å². The number of likely N-dealkylation sites (tertiary alicyclic amines) is 1. The summed E-state index contributed by atoms with van der Waals surface area (Å²) in [5, 5.41) is 11.5. The molecule has 1 unspecified atom stereocenters. The molecule has 1 aliphatic heterocycles. The Morgan fingerprint density at radius 3 is 2.95 bits per heavy atom. The van der Waals surface area contributed by atoms with Crippen molar-refractivity contribution in [2.75, 3.05) is 18.4 Å². The van der Waals surface area contributed by atoms with E-state index in [-0.39, 0.29) is 6.03 Å². The molecule has 0 bridgehead atoms. The van der Waals surface area contributed by atoms with Gasteiger partial charge in [-0.25, -0.2) is 9.59 Å². The third kappa shape index (κ3) is 4.63. The predicted molar refractivity (Wildman–Crippen MR) is 82.1 cm³/mol. The van der Waals surface area contributed by atoms with Crippen LogP contribution in [0.25, 0.3) is 6.08 Å². The van der Waals surface area contributed by atoms with E-state index in [0.29, 0.717) is 11.6 Å². The van der Waals surface area contributed by atoms with Crippen molar-refractivity contribution < 1.29 is 14.7 Å². The molecule has 1 atom stereocenters. The number of piperidine rings is 1. The summed E-state index contributed by atoms with van der Waals surface area (Å²) in [7, 11) is 0. The van der Waals surface area contributed by atoms with Gasteiger partial charge in [0.25, 0.3) is 0 Å². The van der Waals surface area contributed by atoms with Crippen LogP contribution in [-0.2, 0) is 4.79 Å². The first-order valence-electron chi connectivity index (χ1n) is 7.11. The summed E-state index contributed by atoms with van der Waals surface area (Å²) in [6.45, 7) is 3.72. The van der Waals surface area contributed by atoms with Crippen LogP contribution in [0, 0.1) is 5.92 Å². The van der Waals surface area contributed by atoms with E-state index in [9.17, 15) is 9.59 Å². The van der Waals surface area contributed by atoms with Crippen LogP contribution >= 0.6 is 0 Å². The first-order valence-corrected chi connectivity index (χ1v) is 7.11. The van der Waals surface area contributed by atoms with Crippen LogP contribution in [0.5, 0.6) is 0 Å². The monoisotopic (exact) mass is 288 g/mol. The molecule has 0 spiro atoms. The standard InChI is InChI=1S/C16H20N2O3/c1-12-4-3-9-18(11-12)16(21)17-14-6-2-5-13(10-14)7-8-15(19)20/h2,5-8,10,12H,3-4,9,11H2,1H3,(H,17,21)(H,19,20)/b8-7+. The van der Waals surface area contributed by atoms with Crippen molar-refractivity contribution >= 4 is 23.8 Å². The number of aliphatic carboxylic acids is 1. The van der Waals surface area contributed by atoms with Crippen LogP contribution in [0.4, 0.5) is 10.5 Å². The first-order chi connectivity index (χ1) is 10.0. The highest BCUT2D eigenvalue weighted by Crippen LogP contribution is 2.18. The molecule has 0 saturated carbocycles. The van der Waals surface area contributed by atoms with Crippen LogP contribution in [-0.4, -0.2) is 35.1 Å². The molecule has 1 aromatic rings. The van der Waals surface area contributed by atoms with Gasteiger partial charge in [-0.15, -0.1) is 0 Å². The minimum absolute atomic E-state index is 0.0964. The van der Waals surface area contributed by atoms with Gasteiger partial charge in [-0.2, -0.15) is 0 Å². The molecule has 2 amide bonds. The Morgan fingerprint density at radius 1 is 1.43 bits per heavy atom. The number of carboxylic acids is 1. The number of nitrogens with zero attached hydrogens (tertiary/aromatic N) is 1. The Bertz CT molecular complexity index is 554. The second-order valence-corrected chi connectivity index (χ2v) is 5.42. The minimum atomic E-state index is -0.994. The van der Waals surface area contributed by atoms with Crippen molar-refractivity contribution in [3.8, 4) is 0 Å². The molecular weight excluding hydrogens is 268 g/mol. The zero-order valence-corrected chi connectivity index (χ0v) is 12.1. The zero-order valence-electron chi connectivity index (χ0n) is 12.1. The normalized spacial score (nSPS) is 18.7. The second-order valence-electron chi connectivity index (χ2n) is 5.42. The van der Waals surface area contributed by atoms with Crippen molar-refractivity contribution in [2.45, 2.75) is 19.8 Å². The molecule has 5 heteroatoms. The van der Waals surface area contributed by atoms with Crippen LogP contribution in [0.2, 0.25) is 0 Å². The van der Waals surface area contributed by atoms with Gasteiger partial charge in [-0.3, -0.25) is 0 Å². The van der Waals surface area contributed by atoms with Gasteiger partial charge in [0.15, 0.2) is 0 Å². The van der Waals surface area contributed by atoms with Gasteiger partial charge in [-0.05, 0) is 42.5 Å². The fourth-order valence-electron chi connectivity index (χ4n) is 2.46. The Labute approximate surface area is 124 Å². The van der Waals surface area contributed by atoms with E-state index in [1.54, 1.807) is 24.3 Å². The molecule has 2 rings (SSSR count). The number of carboxylic acid groups (broad SMARTS) is 1. The van der Waals surface area contributed by atoms with Crippen LogP contribution in [0.15, 0.2) is 30.3 Å². The topological polar surface area (TPSA) is 69.6 Å². The van der Waals surface area contributed by atoms with Gasteiger partial charge in [0.1, 0.15) is 0 Å². The lowest BCUT2D eigenvalue weighted by molar-refractivity contribution is -0.131. The molecule has 21 heavy (non-hydrogen) atoms. The van der Waals surface area contributed by atoms with Crippen LogP contribution in [0.3, 0.4) is 0 Å². The van der Waals surface area contributed by atoms with Crippen molar-refractivity contribution in [1.29, 1.82) is 0 Å². The highest BCUT2D eigenvalue weighted by molar-refractivity contribution is 5.90. The maximum Gasteiger partial charge on any atom is 0.328 e. The number of benzene rings is 1.